The second-order valence-corrected chi connectivity index (χ2v) is 6.22. The van der Waals surface area contributed by atoms with Gasteiger partial charge in [-0.2, -0.15) is 0 Å². The standard InChI is InChI=1S/C17H20N4O2/c1-10-15(11(2)23-20-10)12-6-5-7-13(8-12)17(3)9-14(22)21(4)16(18)19-17/h5-8H,9H2,1-4H3,(H2,18,19)/t17-/m0/s1. The van der Waals surface area contributed by atoms with E-state index in [1.165, 1.54) is 4.90 Å². The predicted molar refractivity (Wildman–Crippen MR) is 87.0 cm³/mol. The average molecular weight is 312 g/mol. The lowest BCUT2D eigenvalue weighted by Gasteiger charge is -2.39. The Bertz CT molecular complexity index is 756. The molecule has 2 N–H and O–H groups in total. The number of nitrogens with zero attached hydrogens (tertiary/aromatic N) is 2. The van der Waals surface area contributed by atoms with E-state index in [4.69, 9.17) is 9.93 Å². The number of aromatic nitrogens is 1. The Morgan fingerprint density at radius 3 is 2.74 bits per heavy atom. The van der Waals surface area contributed by atoms with Crippen LogP contribution in [-0.2, 0) is 10.3 Å². The quantitative estimate of drug-likeness (QED) is 0.893. The van der Waals surface area contributed by atoms with Crippen molar-refractivity contribution in [2.24, 2.45) is 0 Å². The van der Waals surface area contributed by atoms with E-state index in [9.17, 15) is 4.79 Å². The van der Waals surface area contributed by atoms with Crippen molar-refractivity contribution in [3.05, 3.63) is 41.3 Å². The second-order valence-electron chi connectivity index (χ2n) is 6.22. The Labute approximate surface area is 135 Å². The Morgan fingerprint density at radius 2 is 2.13 bits per heavy atom. The number of guanidine groups is 1. The van der Waals surface area contributed by atoms with E-state index < -0.39 is 5.54 Å². The predicted octanol–water partition coefficient (Wildman–Crippen LogP) is 2.56. The van der Waals surface area contributed by atoms with Crippen LogP contribution in [0.1, 0.15) is 30.4 Å². The van der Waals surface area contributed by atoms with Gasteiger partial charge in [0.1, 0.15) is 5.76 Å². The fourth-order valence-electron chi connectivity index (χ4n) is 3.02. The van der Waals surface area contributed by atoms with Gasteiger partial charge in [-0.15, -0.1) is 0 Å². The maximum Gasteiger partial charge on any atom is 0.231 e. The number of aryl methyl sites for hydroxylation is 2. The minimum absolute atomic E-state index is 0.0704. The van der Waals surface area contributed by atoms with Crippen molar-refractivity contribution >= 4 is 11.9 Å². The Hall–Kier alpha value is -2.63. The van der Waals surface area contributed by atoms with E-state index in [-0.39, 0.29) is 11.9 Å². The van der Waals surface area contributed by atoms with Gasteiger partial charge in [0.2, 0.25) is 5.91 Å². The minimum Gasteiger partial charge on any atom is -0.361 e. The number of carbonyl (C=O) groups is 1. The van der Waals surface area contributed by atoms with Crippen molar-refractivity contribution in [3.63, 3.8) is 0 Å². The second kappa shape index (κ2) is 5.22. The van der Waals surface area contributed by atoms with Gasteiger partial charge < -0.3 is 9.84 Å². The highest BCUT2D eigenvalue weighted by molar-refractivity contribution is 5.98. The molecular weight excluding hydrogens is 292 g/mol. The van der Waals surface area contributed by atoms with Crippen LogP contribution >= 0.6 is 0 Å². The maximum absolute atomic E-state index is 12.1. The summed E-state index contributed by atoms with van der Waals surface area (Å²) >= 11 is 0. The lowest BCUT2D eigenvalue weighted by Crippen LogP contribution is -2.58. The molecule has 1 aromatic heterocycles. The molecule has 2 aromatic rings. The summed E-state index contributed by atoms with van der Waals surface area (Å²) in [6.45, 7) is 5.74. The summed E-state index contributed by atoms with van der Waals surface area (Å²) in [6.07, 6.45) is 0.303. The highest BCUT2D eigenvalue weighted by atomic mass is 16.5. The van der Waals surface area contributed by atoms with Gasteiger partial charge in [-0.3, -0.25) is 15.1 Å². The van der Waals surface area contributed by atoms with Crippen LogP contribution in [0.2, 0.25) is 0 Å². The molecule has 0 aliphatic carbocycles. The third-order valence-electron chi connectivity index (χ3n) is 4.43. The van der Waals surface area contributed by atoms with Crippen LogP contribution in [0.4, 0.5) is 0 Å². The fraction of sp³-hybridized carbons (Fsp3) is 0.353. The van der Waals surface area contributed by atoms with Crippen molar-refractivity contribution in [1.82, 2.24) is 15.4 Å². The third kappa shape index (κ3) is 2.50. The number of amides is 1. The summed E-state index contributed by atoms with van der Waals surface area (Å²) in [5.74, 6) is 0.815. The number of carbonyl (C=O) groups excluding carboxylic acids is 1. The minimum atomic E-state index is -0.602. The van der Waals surface area contributed by atoms with Crippen molar-refractivity contribution in [2.45, 2.75) is 32.7 Å². The molecule has 1 amide bonds. The molecule has 1 aromatic carbocycles. The zero-order valence-electron chi connectivity index (χ0n) is 13.7. The summed E-state index contributed by atoms with van der Waals surface area (Å²) in [7, 11) is 1.61. The molecule has 6 heteroatoms. The van der Waals surface area contributed by atoms with Gasteiger partial charge in [0, 0.05) is 12.6 Å². The van der Waals surface area contributed by atoms with Gasteiger partial charge in [-0.05, 0) is 38.0 Å². The van der Waals surface area contributed by atoms with Gasteiger partial charge in [0.25, 0.3) is 0 Å². The number of nitrogens with one attached hydrogen (secondary N) is 2. The van der Waals surface area contributed by atoms with Gasteiger partial charge >= 0.3 is 0 Å². The van der Waals surface area contributed by atoms with Gasteiger partial charge in [0.05, 0.1) is 17.7 Å². The monoisotopic (exact) mass is 312 g/mol. The van der Waals surface area contributed by atoms with Crippen LogP contribution in [0.5, 0.6) is 0 Å². The molecule has 1 fully saturated rings. The largest absolute Gasteiger partial charge is 0.361 e. The van der Waals surface area contributed by atoms with Crippen molar-refractivity contribution in [2.75, 3.05) is 7.05 Å². The molecule has 120 valence electrons. The van der Waals surface area contributed by atoms with E-state index in [1.54, 1.807) is 7.05 Å². The Morgan fingerprint density at radius 1 is 1.39 bits per heavy atom. The first-order valence-electron chi connectivity index (χ1n) is 7.49. The smallest absolute Gasteiger partial charge is 0.231 e. The number of hydrogen-bond donors (Lipinski definition) is 2. The summed E-state index contributed by atoms with van der Waals surface area (Å²) in [6, 6.07) is 7.96. The maximum atomic E-state index is 12.1. The SMILES string of the molecule is Cc1noc(C)c1-c1cccc([C@]2(C)CC(=O)N(C)C(=N)N2)c1. The molecule has 1 atom stereocenters. The molecule has 0 saturated carbocycles. The molecule has 23 heavy (non-hydrogen) atoms. The van der Waals surface area contributed by atoms with Crippen LogP contribution in [-0.4, -0.2) is 29.0 Å². The molecular formula is C17H20N4O2. The topological polar surface area (TPSA) is 82.2 Å². The Kier molecular flexibility index (Phi) is 3.47. The van der Waals surface area contributed by atoms with Crippen LogP contribution < -0.4 is 5.32 Å². The summed E-state index contributed by atoms with van der Waals surface area (Å²) < 4.78 is 5.25. The third-order valence-corrected chi connectivity index (χ3v) is 4.43. The van der Waals surface area contributed by atoms with E-state index in [0.29, 0.717) is 6.42 Å². The lowest BCUT2D eigenvalue weighted by atomic mass is 9.85. The molecule has 1 saturated heterocycles. The first-order chi connectivity index (χ1) is 10.8. The van der Waals surface area contributed by atoms with Gasteiger partial charge in [-0.25, -0.2) is 0 Å². The number of hydrogen-bond acceptors (Lipinski definition) is 4. The van der Waals surface area contributed by atoms with Crippen LogP contribution in [0.15, 0.2) is 28.8 Å². The zero-order chi connectivity index (χ0) is 16.8. The summed E-state index contributed by atoms with van der Waals surface area (Å²) in [5, 5.41) is 15.1. The fourth-order valence-corrected chi connectivity index (χ4v) is 3.02. The molecule has 1 aliphatic heterocycles. The molecule has 0 unspecified atom stereocenters. The molecule has 1 aliphatic rings. The van der Waals surface area contributed by atoms with Gasteiger partial charge in [0.15, 0.2) is 5.96 Å². The van der Waals surface area contributed by atoms with Crippen LogP contribution in [0.3, 0.4) is 0 Å². The molecule has 3 rings (SSSR count). The first kappa shape index (κ1) is 15.3. The van der Waals surface area contributed by atoms with E-state index >= 15 is 0 Å². The molecule has 0 radical (unpaired) electrons. The van der Waals surface area contributed by atoms with E-state index in [0.717, 1.165) is 28.1 Å². The first-order valence-corrected chi connectivity index (χ1v) is 7.49. The van der Waals surface area contributed by atoms with Crippen LogP contribution in [0.25, 0.3) is 11.1 Å². The number of rotatable bonds is 2. The molecule has 0 spiro atoms. The molecule has 2 heterocycles. The summed E-state index contributed by atoms with van der Waals surface area (Å²) in [4.78, 5) is 13.5. The highest BCUT2D eigenvalue weighted by Crippen LogP contribution is 2.33. The van der Waals surface area contributed by atoms with Crippen molar-refractivity contribution < 1.29 is 9.32 Å². The number of benzene rings is 1. The van der Waals surface area contributed by atoms with Crippen LogP contribution in [0, 0.1) is 19.3 Å². The molecule has 0 bridgehead atoms. The van der Waals surface area contributed by atoms with Gasteiger partial charge in [-0.1, -0.05) is 23.4 Å². The molecule has 6 nitrogen and oxygen atoms in total. The normalized spacial score (nSPS) is 21.5. The average Bonchev–Trinajstić information content (AvgIpc) is 2.84. The summed E-state index contributed by atoms with van der Waals surface area (Å²) in [5.41, 5.74) is 3.17. The van der Waals surface area contributed by atoms with E-state index in [2.05, 4.69) is 10.5 Å². The van der Waals surface area contributed by atoms with Crippen molar-refractivity contribution in [3.8, 4) is 11.1 Å². The lowest BCUT2D eigenvalue weighted by molar-refractivity contribution is -0.129. The highest BCUT2D eigenvalue weighted by Gasteiger charge is 2.38. The Balaban J connectivity index is 2.03. The zero-order valence-corrected chi connectivity index (χ0v) is 13.7. The van der Waals surface area contributed by atoms with E-state index in [1.807, 2.05) is 45.0 Å². The van der Waals surface area contributed by atoms with Crippen molar-refractivity contribution in [1.29, 1.82) is 5.41 Å².